The predicted molar refractivity (Wildman–Crippen MR) is 66.4 cm³/mol. The summed E-state index contributed by atoms with van der Waals surface area (Å²) < 4.78 is 30.9. The zero-order valence-electron chi connectivity index (χ0n) is 10.4. The summed E-state index contributed by atoms with van der Waals surface area (Å²) in [7, 11) is -3.11. The maximum atomic E-state index is 12.1. The van der Waals surface area contributed by atoms with Gasteiger partial charge >= 0.3 is 0 Å². The van der Waals surface area contributed by atoms with E-state index in [-0.39, 0.29) is 5.75 Å². The lowest BCUT2D eigenvalue weighted by Gasteiger charge is -2.33. The molecule has 0 amide bonds. The fourth-order valence-corrected chi connectivity index (χ4v) is 4.09. The van der Waals surface area contributed by atoms with Crippen LogP contribution in [0.15, 0.2) is 0 Å². The van der Waals surface area contributed by atoms with E-state index in [1.54, 1.807) is 4.31 Å². The first-order valence-corrected chi connectivity index (χ1v) is 8.03. The highest BCUT2D eigenvalue weighted by atomic mass is 32.2. The van der Waals surface area contributed by atoms with Crippen molar-refractivity contribution < 1.29 is 13.2 Å². The molecule has 0 aliphatic carbocycles. The van der Waals surface area contributed by atoms with Gasteiger partial charge in [-0.3, -0.25) is 0 Å². The SMILES string of the molecule is CCOCCS(=O)(=O)N1CCC2NCCC2C1. The number of hydrogen-bond acceptors (Lipinski definition) is 4. The van der Waals surface area contributed by atoms with E-state index in [1.807, 2.05) is 6.92 Å². The Kier molecular flexibility index (Phi) is 4.41. The summed E-state index contributed by atoms with van der Waals surface area (Å²) in [6.07, 6.45) is 2.04. The second-order valence-corrected chi connectivity index (χ2v) is 6.86. The Morgan fingerprint density at radius 2 is 2.24 bits per heavy atom. The van der Waals surface area contributed by atoms with Crippen LogP contribution in [-0.2, 0) is 14.8 Å². The molecule has 100 valence electrons. The average molecular weight is 262 g/mol. The Labute approximate surface area is 104 Å². The summed E-state index contributed by atoms with van der Waals surface area (Å²) in [5.74, 6) is 0.622. The van der Waals surface area contributed by atoms with Crippen LogP contribution in [0.25, 0.3) is 0 Å². The van der Waals surface area contributed by atoms with E-state index in [9.17, 15) is 8.42 Å². The Bertz CT molecular complexity index is 345. The van der Waals surface area contributed by atoms with Crippen molar-refractivity contribution in [2.75, 3.05) is 38.6 Å². The van der Waals surface area contributed by atoms with E-state index in [0.717, 1.165) is 19.4 Å². The molecular weight excluding hydrogens is 240 g/mol. The van der Waals surface area contributed by atoms with Crippen LogP contribution in [0.5, 0.6) is 0 Å². The van der Waals surface area contributed by atoms with Crippen LogP contribution in [0, 0.1) is 5.92 Å². The molecule has 2 aliphatic heterocycles. The highest BCUT2D eigenvalue weighted by Gasteiger charge is 2.36. The number of ether oxygens (including phenoxy) is 1. The molecule has 2 aliphatic rings. The molecule has 0 bridgehead atoms. The van der Waals surface area contributed by atoms with Gasteiger partial charge in [0.25, 0.3) is 0 Å². The van der Waals surface area contributed by atoms with E-state index in [4.69, 9.17) is 4.74 Å². The summed E-state index contributed by atoms with van der Waals surface area (Å²) in [6, 6.07) is 0.536. The summed E-state index contributed by atoms with van der Waals surface area (Å²) in [6.45, 7) is 5.13. The third-order valence-corrected chi connectivity index (χ3v) is 5.50. The van der Waals surface area contributed by atoms with Gasteiger partial charge in [0, 0.05) is 25.7 Å². The highest BCUT2D eigenvalue weighted by molar-refractivity contribution is 7.89. The number of hydrogen-bond donors (Lipinski definition) is 1. The standard InChI is InChI=1S/C11H22N2O3S/c1-2-16-7-8-17(14,15)13-6-4-11-10(9-13)3-5-12-11/h10-12H,2-9H2,1H3. The maximum Gasteiger partial charge on any atom is 0.216 e. The second-order valence-electron chi connectivity index (χ2n) is 4.77. The van der Waals surface area contributed by atoms with Crippen molar-refractivity contribution in [2.45, 2.75) is 25.8 Å². The Hall–Kier alpha value is -0.170. The first-order chi connectivity index (χ1) is 8.13. The number of fused-ring (bicyclic) bond motifs is 1. The lowest BCUT2D eigenvalue weighted by atomic mass is 9.95. The van der Waals surface area contributed by atoms with Gasteiger partial charge in [-0.25, -0.2) is 12.7 Å². The first kappa shape index (κ1) is 13.3. The number of rotatable bonds is 5. The molecule has 6 heteroatoms. The summed E-state index contributed by atoms with van der Waals surface area (Å²) in [5.41, 5.74) is 0. The molecule has 0 spiro atoms. The second kappa shape index (κ2) is 5.65. The van der Waals surface area contributed by atoms with Gasteiger partial charge in [0.2, 0.25) is 10.0 Å². The van der Waals surface area contributed by atoms with E-state index in [1.165, 1.54) is 0 Å². The Balaban J connectivity index is 1.88. The van der Waals surface area contributed by atoms with E-state index in [2.05, 4.69) is 5.32 Å². The average Bonchev–Trinajstić information content (AvgIpc) is 2.76. The van der Waals surface area contributed by atoms with Gasteiger partial charge in [0.15, 0.2) is 0 Å². The molecule has 2 heterocycles. The smallest absolute Gasteiger partial charge is 0.216 e. The molecule has 0 saturated carbocycles. The van der Waals surface area contributed by atoms with Crippen LogP contribution in [0.4, 0.5) is 0 Å². The molecule has 0 radical (unpaired) electrons. The van der Waals surface area contributed by atoms with Crippen LogP contribution >= 0.6 is 0 Å². The molecule has 1 N–H and O–H groups in total. The van der Waals surface area contributed by atoms with Gasteiger partial charge in [-0.1, -0.05) is 0 Å². The van der Waals surface area contributed by atoms with Crippen molar-refractivity contribution in [1.29, 1.82) is 0 Å². The zero-order chi connectivity index (χ0) is 12.3. The minimum atomic E-state index is -3.11. The van der Waals surface area contributed by atoms with Crippen LogP contribution in [0.3, 0.4) is 0 Å². The lowest BCUT2D eigenvalue weighted by Crippen LogP contribution is -2.47. The van der Waals surface area contributed by atoms with Gasteiger partial charge in [0.1, 0.15) is 0 Å². The van der Waals surface area contributed by atoms with Crippen molar-refractivity contribution in [3.63, 3.8) is 0 Å². The van der Waals surface area contributed by atoms with E-state index in [0.29, 0.717) is 38.3 Å². The molecule has 5 nitrogen and oxygen atoms in total. The molecule has 0 aromatic carbocycles. The quantitative estimate of drug-likeness (QED) is 0.711. The van der Waals surface area contributed by atoms with Crippen LogP contribution in [0.2, 0.25) is 0 Å². The topological polar surface area (TPSA) is 58.6 Å². The van der Waals surface area contributed by atoms with Gasteiger partial charge in [0.05, 0.1) is 12.4 Å². The fourth-order valence-electron chi connectivity index (χ4n) is 2.70. The van der Waals surface area contributed by atoms with Crippen LogP contribution in [-0.4, -0.2) is 57.4 Å². The molecule has 0 aromatic rings. The Morgan fingerprint density at radius 1 is 1.41 bits per heavy atom. The molecule has 2 unspecified atom stereocenters. The number of sulfonamides is 1. The third kappa shape index (κ3) is 3.19. The highest BCUT2D eigenvalue weighted by Crippen LogP contribution is 2.26. The van der Waals surface area contributed by atoms with Gasteiger partial charge < -0.3 is 10.1 Å². The molecule has 2 atom stereocenters. The number of nitrogens with zero attached hydrogens (tertiary/aromatic N) is 1. The third-order valence-electron chi connectivity index (χ3n) is 3.70. The molecule has 2 rings (SSSR count). The van der Waals surface area contributed by atoms with Gasteiger partial charge in [-0.2, -0.15) is 0 Å². The molecule has 0 aromatic heterocycles. The van der Waals surface area contributed by atoms with Crippen LogP contribution < -0.4 is 5.32 Å². The summed E-state index contributed by atoms with van der Waals surface area (Å²) in [4.78, 5) is 0. The van der Waals surface area contributed by atoms with Crippen molar-refractivity contribution in [2.24, 2.45) is 5.92 Å². The van der Waals surface area contributed by atoms with E-state index < -0.39 is 10.0 Å². The van der Waals surface area contributed by atoms with E-state index >= 15 is 0 Å². The van der Waals surface area contributed by atoms with Crippen molar-refractivity contribution in [1.82, 2.24) is 9.62 Å². The predicted octanol–water partition coefficient (Wildman–Crippen LogP) is 0.0365. The van der Waals surface area contributed by atoms with Crippen molar-refractivity contribution in [3.8, 4) is 0 Å². The monoisotopic (exact) mass is 262 g/mol. The normalized spacial score (nSPS) is 30.4. The fraction of sp³-hybridized carbons (Fsp3) is 1.00. The maximum absolute atomic E-state index is 12.1. The molecular formula is C11H22N2O3S. The zero-order valence-corrected chi connectivity index (χ0v) is 11.2. The number of piperidine rings is 1. The first-order valence-electron chi connectivity index (χ1n) is 6.42. The van der Waals surface area contributed by atoms with Gasteiger partial charge in [-0.15, -0.1) is 0 Å². The lowest BCUT2D eigenvalue weighted by molar-refractivity contribution is 0.161. The largest absolute Gasteiger partial charge is 0.381 e. The number of nitrogens with one attached hydrogen (secondary N) is 1. The molecule has 2 fully saturated rings. The summed E-state index contributed by atoms with van der Waals surface area (Å²) in [5, 5.41) is 3.44. The minimum absolute atomic E-state index is 0.117. The summed E-state index contributed by atoms with van der Waals surface area (Å²) >= 11 is 0. The van der Waals surface area contributed by atoms with Crippen molar-refractivity contribution >= 4 is 10.0 Å². The van der Waals surface area contributed by atoms with Crippen LogP contribution in [0.1, 0.15) is 19.8 Å². The Morgan fingerprint density at radius 3 is 3.00 bits per heavy atom. The van der Waals surface area contributed by atoms with Crippen molar-refractivity contribution in [3.05, 3.63) is 0 Å². The van der Waals surface area contributed by atoms with Gasteiger partial charge in [-0.05, 0) is 32.2 Å². The molecule has 2 saturated heterocycles. The molecule has 17 heavy (non-hydrogen) atoms. The minimum Gasteiger partial charge on any atom is -0.381 e.